The maximum Gasteiger partial charge on any atom is 0.329 e. The van der Waals surface area contributed by atoms with Gasteiger partial charge in [-0.05, 0) is 36.1 Å². The number of aromatic amines is 1. The van der Waals surface area contributed by atoms with Crippen LogP contribution in [-0.2, 0) is 32.0 Å². The molecule has 0 spiro atoms. The molecule has 0 unspecified atom stereocenters. The number of carbonyl (C=O) groups excluding carboxylic acids is 3. The summed E-state index contributed by atoms with van der Waals surface area (Å²) in [6.07, 6.45) is 2.77. The third-order valence-corrected chi connectivity index (χ3v) is 5.08. The first-order valence-corrected chi connectivity index (χ1v) is 10.2. The van der Waals surface area contributed by atoms with E-state index >= 15 is 0 Å². The Morgan fingerprint density at radius 1 is 1.03 bits per heavy atom. The smallest absolute Gasteiger partial charge is 0.329 e. The van der Waals surface area contributed by atoms with Crippen molar-refractivity contribution in [2.24, 2.45) is 0 Å². The van der Waals surface area contributed by atoms with Crippen LogP contribution in [0.2, 0.25) is 0 Å². The molecule has 7 nitrogen and oxygen atoms in total. The van der Waals surface area contributed by atoms with E-state index in [0.29, 0.717) is 13.0 Å². The minimum atomic E-state index is -0.878. The van der Waals surface area contributed by atoms with E-state index in [2.05, 4.69) is 15.6 Å². The van der Waals surface area contributed by atoms with Crippen molar-refractivity contribution < 1.29 is 19.1 Å². The number of amides is 2. The summed E-state index contributed by atoms with van der Waals surface area (Å²) in [7, 11) is 0. The van der Waals surface area contributed by atoms with Crippen molar-refractivity contribution in [3.63, 3.8) is 0 Å². The number of aryl methyl sites for hydroxylation is 1. The molecule has 3 rings (SSSR count). The molecule has 31 heavy (non-hydrogen) atoms. The Hall–Kier alpha value is -3.61. The summed E-state index contributed by atoms with van der Waals surface area (Å²) < 4.78 is 5.18. The van der Waals surface area contributed by atoms with Gasteiger partial charge in [0, 0.05) is 37.0 Å². The van der Waals surface area contributed by atoms with Gasteiger partial charge in [0.05, 0.1) is 0 Å². The van der Waals surface area contributed by atoms with Gasteiger partial charge in [0.2, 0.25) is 5.91 Å². The number of aromatic nitrogens is 1. The predicted octanol–water partition coefficient (Wildman–Crippen LogP) is 2.43. The van der Waals surface area contributed by atoms with Crippen LogP contribution in [0.4, 0.5) is 0 Å². The molecule has 0 radical (unpaired) electrons. The van der Waals surface area contributed by atoms with E-state index < -0.39 is 18.6 Å². The SMILES string of the molecule is CC(=O)N[C@@H](Cc1c[nH]c2ccccc12)C(=O)OCC(=O)NCCc1ccccc1C. The Labute approximate surface area is 181 Å². The summed E-state index contributed by atoms with van der Waals surface area (Å²) in [4.78, 5) is 39.4. The number of H-pyrrole nitrogens is 1. The van der Waals surface area contributed by atoms with Gasteiger partial charge in [-0.3, -0.25) is 9.59 Å². The van der Waals surface area contributed by atoms with Gasteiger partial charge in [-0.1, -0.05) is 42.5 Å². The van der Waals surface area contributed by atoms with Crippen molar-refractivity contribution in [3.05, 3.63) is 71.4 Å². The average Bonchev–Trinajstić information content (AvgIpc) is 3.15. The number of fused-ring (bicyclic) bond motifs is 1. The van der Waals surface area contributed by atoms with E-state index in [1.165, 1.54) is 12.5 Å². The van der Waals surface area contributed by atoms with E-state index in [4.69, 9.17) is 4.74 Å². The van der Waals surface area contributed by atoms with Gasteiger partial charge in [-0.2, -0.15) is 0 Å². The minimum Gasteiger partial charge on any atom is -0.454 e. The summed E-state index contributed by atoms with van der Waals surface area (Å²) in [5.41, 5.74) is 4.15. The predicted molar refractivity (Wildman–Crippen MR) is 118 cm³/mol. The largest absolute Gasteiger partial charge is 0.454 e. The van der Waals surface area contributed by atoms with Crippen molar-refractivity contribution in [3.8, 4) is 0 Å². The van der Waals surface area contributed by atoms with E-state index in [9.17, 15) is 14.4 Å². The Balaban J connectivity index is 1.52. The molecule has 7 heteroatoms. The highest BCUT2D eigenvalue weighted by Gasteiger charge is 2.23. The van der Waals surface area contributed by atoms with Crippen LogP contribution in [0.5, 0.6) is 0 Å². The van der Waals surface area contributed by atoms with E-state index in [1.54, 1.807) is 0 Å². The van der Waals surface area contributed by atoms with Crippen molar-refractivity contribution in [2.45, 2.75) is 32.7 Å². The molecule has 0 aliphatic heterocycles. The molecule has 0 saturated heterocycles. The zero-order valence-electron chi connectivity index (χ0n) is 17.7. The molecule has 3 N–H and O–H groups in total. The van der Waals surface area contributed by atoms with Crippen LogP contribution in [0.25, 0.3) is 10.9 Å². The second-order valence-electron chi connectivity index (χ2n) is 7.45. The number of hydrogen-bond donors (Lipinski definition) is 3. The highest BCUT2D eigenvalue weighted by atomic mass is 16.5. The Morgan fingerprint density at radius 2 is 1.77 bits per heavy atom. The maximum atomic E-state index is 12.6. The Bertz CT molecular complexity index is 1070. The summed E-state index contributed by atoms with van der Waals surface area (Å²) in [6.45, 7) is 3.42. The van der Waals surface area contributed by atoms with Crippen LogP contribution >= 0.6 is 0 Å². The van der Waals surface area contributed by atoms with Crippen LogP contribution in [0.15, 0.2) is 54.7 Å². The summed E-state index contributed by atoms with van der Waals surface area (Å²) in [5, 5.41) is 6.34. The van der Waals surface area contributed by atoms with Crippen LogP contribution in [0, 0.1) is 6.92 Å². The van der Waals surface area contributed by atoms with Crippen LogP contribution < -0.4 is 10.6 Å². The van der Waals surface area contributed by atoms with Crippen molar-refractivity contribution >= 4 is 28.7 Å². The van der Waals surface area contributed by atoms with Gasteiger partial charge in [-0.25, -0.2) is 4.79 Å². The molecule has 3 aromatic rings. The third kappa shape index (κ3) is 6.18. The molecule has 1 aromatic heterocycles. The molecule has 0 saturated carbocycles. The lowest BCUT2D eigenvalue weighted by Crippen LogP contribution is -2.43. The topological polar surface area (TPSA) is 100 Å². The first-order chi connectivity index (χ1) is 14.9. The molecule has 0 aliphatic rings. The molecule has 1 atom stereocenters. The standard InChI is InChI=1S/C24H27N3O4/c1-16-7-3-4-8-18(16)11-12-25-23(29)15-31-24(30)22(27-17(2)28)13-19-14-26-21-10-6-5-9-20(19)21/h3-10,14,22,26H,11-13,15H2,1-2H3,(H,25,29)(H,27,28)/t22-/m0/s1. The molecule has 0 bridgehead atoms. The Kier molecular flexibility index (Phi) is 7.43. The molecular weight excluding hydrogens is 394 g/mol. The van der Waals surface area contributed by atoms with Crippen molar-refractivity contribution in [2.75, 3.05) is 13.2 Å². The van der Waals surface area contributed by atoms with Crippen LogP contribution in [0.3, 0.4) is 0 Å². The van der Waals surface area contributed by atoms with Gasteiger partial charge in [0.25, 0.3) is 5.91 Å². The molecule has 1 heterocycles. The number of rotatable bonds is 9. The van der Waals surface area contributed by atoms with Gasteiger partial charge in [0.15, 0.2) is 6.61 Å². The van der Waals surface area contributed by atoms with E-state index in [0.717, 1.165) is 22.0 Å². The Morgan fingerprint density at radius 3 is 2.55 bits per heavy atom. The second-order valence-corrected chi connectivity index (χ2v) is 7.45. The summed E-state index contributed by atoms with van der Waals surface area (Å²) in [5.74, 6) is -1.37. The molecule has 2 aromatic carbocycles. The van der Waals surface area contributed by atoms with Crippen LogP contribution in [-0.4, -0.2) is 42.0 Å². The van der Waals surface area contributed by atoms with E-state index in [1.807, 2.05) is 61.7 Å². The van der Waals surface area contributed by atoms with Gasteiger partial charge < -0.3 is 20.4 Å². The number of benzene rings is 2. The highest BCUT2D eigenvalue weighted by Crippen LogP contribution is 2.19. The van der Waals surface area contributed by atoms with E-state index in [-0.39, 0.29) is 18.2 Å². The maximum absolute atomic E-state index is 12.6. The van der Waals surface area contributed by atoms with Gasteiger partial charge >= 0.3 is 5.97 Å². The van der Waals surface area contributed by atoms with Gasteiger partial charge in [0.1, 0.15) is 6.04 Å². The van der Waals surface area contributed by atoms with Crippen LogP contribution in [0.1, 0.15) is 23.6 Å². The van der Waals surface area contributed by atoms with Crippen molar-refractivity contribution in [1.29, 1.82) is 0 Å². The fourth-order valence-electron chi connectivity index (χ4n) is 3.47. The van der Waals surface area contributed by atoms with Gasteiger partial charge in [-0.15, -0.1) is 0 Å². The molecule has 2 amide bonds. The fourth-order valence-corrected chi connectivity index (χ4v) is 3.47. The third-order valence-electron chi connectivity index (χ3n) is 5.08. The summed E-state index contributed by atoms with van der Waals surface area (Å²) in [6, 6.07) is 14.8. The quantitative estimate of drug-likeness (QED) is 0.462. The summed E-state index contributed by atoms with van der Waals surface area (Å²) >= 11 is 0. The first kappa shape index (κ1) is 22.1. The first-order valence-electron chi connectivity index (χ1n) is 10.2. The normalized spacial score (nSPS) is 11.7. The van der Waals surface area contributed by atoms with Crippen molar-refractivity contribution in [1.82, 2.24) is 15.6 Å². The molecule has 0 fully saturated rings. The second kappa shape index (κ2) is 10.4. The lowest BCUT2D eigenvalue weighted by atomic mass is 10.0. The molecule has 162 valence electrons. The average molecular weight is 421 g/mol. The number of esters is 1. The lowest BCUT2D eigenvalue weighted by Gasteiger charge is -2.16. The number of carbonyl (C=O) groups is 3. The fraction of sp³-hybridized carbons (Fsp3) is 0.292. The minimum absolute atomic E-state index is 0.261. The number of nitrogens with one attached hydrogen (secondary N) is 3. The lowest BCUT2D eigenvalue weighted by molar-refractivity contribution is -0.151. The zero-order valence-corrected chi connectivity index (χ0v) is 17.7. The monoisotopic (exact) mass is 421 g/mol. The highest BCUT2D eigenvalue weighted by molar-refractivity contribution is 5.88. The zero-order chi connectivity index (χ0) is 22.2. The number of para-hydroxylation sites is 1. The number of hydrogen-bond acceptors (Lipinski definition) is 4. The number of ether oxygens (including phenoxy) is 1. The molecular formula is C24H27N3O4. The molecule has 0 aliphatic carbocycles.